The van der Waals surface area contributed by atoms with Crippen LogP contribution in [0.1, 0.15) is 38.9 Å². The summed E-state index contributed by atoms with van der Waals surface area (Å²) < 4.78 is 2.24. The average Bonchev–Trinajstić information content (AvgIpc) is 2.55. The standard InChI is InChI=1S/C14H19ClN2/c1-10(15)13-16-11-7-5-6-8-12(11)17(13)9-14(2,3)4/h5-8,10H,9H2,1-4H3. The molecule has 0 fully saturated rings. The van der Waals surface area contributed by atoms with E-state index in [-0.39, 0.29) is 10.8 Å². The van der Waals surface area contributed by atoms with E-state index in [2.05, 4.69) is 36.4 Å². The van der Waals surface area contributed by atoms with Crippen LogP contribution in [0.25, 0.3) is 11.0 Å². The van der Waals surface area contributed by atoms with Crippen molar-refractivity contribution in [2.24, 2.45) is 5.41 Å². The SMILES string of the molecule is CC(Cl)c1nc2ccccc2n1CC(C)(C)C. The van der Waals surface area contributed by atoms with E-state index in [1.54, 1.807) is 0 Å². The minimum atomic E-state index is -0.0650. The summed E-state index contributed by atoms with van der Waals surface area (Å²) in [6.45, 7) is 9.58. The summed E-state index contributed by atoms with van der Waals surface area (Å²) in [7, 11) is 0. The fraction of sp³-hybridized carbons (Fsp3) is 0.500. The van der Waals surface area contributed by atoms with Gasteiger partial charge in [0, 0.05) is 6.54 Å². The zero-order chi connectivity index (χ0) is 12.6. The van der Waals surface area contributed by atoms with Gasteiger partial charge in [-0.05, 0) is 24.5 Å². The Kier molecular flexibility index (Phi) is 3.17. The van der Waals surface area contributed by atoms with Gasteiger partial charge in [0.2, 0.25) is 0 Å². The molecule has 17 heavy (non-hydrogen) atoms. The Morgan fingerprint density at radius 1 is 1.29 bits per heavy atom. The zero-order valence-electron chi connectivity index (χ0n) is 10.9. The molecule has 2 rings (SSSR count). The summed E-state index contributed by atoms with van der Waals surface area (Å²) in [5.74, 6) is 0.961. The molecule has 0 saturated carbocycles. The second kappa shape index (κ2) is 4.34. The van der Waals surface area contributed by atoms with Gasteiger partial charge < -0.3 is 4.57 Å². The molecular weight excluding hydrogens is 232 g/mol. The fourth-order valence-corrected chi connectivity index (χ4v) is 2.20. The summed E-state index contributed by atoms with van der Waals surface area (Å²) in [5, 5.41) is -0.0650. The van der Waals surface area contributed by atoms with Crippen LogP contribution in [0, 0.1) is 5.41 Å². The first-order chi connectivity index (χ1) is 7.88. The Bertz CT molecular complexity index is 520. The van der Waals surface area contributed by atoms with Crippen LogP contribution >= 0.6 is 11.6 Å². The van der Waals surface area contributed by atoms with Crippen molar-refractivity contribution in [2.45, 2.75) is 39.6 Å². The van der Waals surface area contributed by atoms with Crippen LogP contribution in [0.3, 0.4) is 0 Å². The molecule has 0 saturated heterocycles. The van der Waals surface area contributed by atoms with E-state index < -0.39 is 0 Å². The maximum Gasteiger partial charge on any atom is 0.127 e. The van der Waals surface area contributed by atoms with E-state index in [4.69, 9.17) is 11.6 Å². The van der Waals surface area contributed by atoms with Crippen molar-refractivity contribution in [2.75, 3.05) is 0 Å². The van der Waals surface area contributed by atoms with Crippen molar-refractivity contribution in [3.05, 3.63) is 30.1 Å². The second-order valence-electron chi connectivity index (χ2n) is 5.72. The largest absolute Gasteiger partial charge is 0.326 e. The van der Waals surface area contributed by atoms with Crippen molar-refractivity contribution in [3.8, 4) is 0 Å². The first-order valence-electron chi connectivity index (χ1n) is 5.98. The molecule has 0 bridgehead atoms. The van der Waals surface area contributed by atoms with E-state index in [0.29, 0.717) is 0 Å². The van der Waals surface area contributed by atoms with Crippen LogP contribution in [0.4, 0.5) is 0 Å². The highest BCUT2D eigenvalue weighted by Gasteiger charge is 2.19. The molecule has 0 aliphatic carbocycles. The minimum absolute atomic E-state index is 0.0650. The van der Waals surface area contributed by atoms with Gasteiger partial charge in [0.05, 0.1) is 16.4 Å². The normalized spacial score (nSPS) is 14.2. The monoisotopic (exact) mass is 250 g/mol. The Morgan fingerprint density at radius 2 is 1.94 bits per heavy atom. The molecule has 1 heterocycles. The van der Waals surface area contributed by atoms with E-state index >= 15 is 0 Å². The number of fused-ring (bicyclic) bond motifs is 1. The number of imidazole rings is 1. The van der Waals surface area contributed by atoms with Crippen LogP contribution in [0.15, 0.2) is 24.3 Å². The van der Waals surface area contributed by atoms with Crippen LogP contribution in [-0.4, -0.2) is 9.55 Å². The molecule has 3 heteroatoms. The number of hydrogen-bond donors (Lipinski definition) is 0. The Hall–Kier alpha value is -1.02. The van der Waals surface area contributed by atoms with E-state index in [1.165, 1.54) is 5.52 Å². The molecule has 2 nitrogen and oxygen atoms in total. The van der Waals surface area contributed by atoms with Gasteiger partial charge in [0.15, 0.2) is 0 Å². The number of benzene rings is 1. The van der Waals surface area contributed by atoms with Gasteiger partial charge in [0.1, 0.15) is 5.82 Å². The molecule has 2 aromatic rings. The number of halogens is 1. The predicted molar refractivity (Wildman–Crippen MR) is 73.5 cm³/mol. The van der Waals surface area contributed by atoms with Crippen molar-refractivity contribution < 1.29 is 0 Å². The van der Waals surface area contributed by atoms with Gasteiger partial charge in [-0.1, -0.05) is 32.9 Å². The molecule has 0 aliphatic rings. The third kappa shape index (κ3) is 2.63. The van der Waals surface area contributed by atoms with Crippen molar-refractivity contribution in [3.63, 3.8) is 0 Å². The maximum atomic E-state index is 6.23. The molecule has 0 amide bonds. The molecule has 0 aliphatic heterocycles. The van der Waals surface area contributed by atoms with Crippen molar-refractivity contribution >= 4 is 22.6 Å². The van der Waals surface area contributed by atoms with Crippen LogP contribution in [0.2, 0.25) is 0 Å². The van der Waals surface area contributed by atoms with Gasteiger partial charge in [-0.3, -0.25) is 0 Å². The molecule has 1 aromatic heterocycles. The number of alkyl halides is 1. The zero-order valence-corrected chi connectivity index (χ0v) is 11.6. The summed E-state index contributed by atoms with van der Waals surface area (Å²) in [6.07, 6.45) is 0. The molecule has 0 radical (unpaired) electrons. The van der Waals surface area contributed by atoms with Gasteiger partial charge in [-0.15, -0.1) is 11.6 Å². The van der Waals surface area contributed by atoms with Crippen LogP contribution in [-0.2, 0) is 6.54 Å². The minimum Gasteiger partial charge on any atom is -0.326 e. The summed E-state index contributed by atoms with van der Waals surface area (Å²) in [4.78, 5) is 4.63. The van der Waals surface area contributed by atoms with E-state index in [1.807, 2.05) is 25.1 Å². The second-order valence-corrected chi connectivity index (χ2v) is 6.38. The highest BCUT2D eigenvalue weighted by molar-refractivity contribution is 6.20. The molecule has 0 N–H and O–H groups in total. The fourth-order valence-electron chi connectivity index (χ4n) is 2.04. The number of para-hydroxylation sites is 2. The Morgan fingerprint density at radius 3 is 2.53 bits per heavy atom. The van der Waals surface area contributed by atoms with Gasteiger partial charge in [0.25, 0.3) is 0 Å². The molecule has 0 spiro atoms. The highest BCUT2D eigenvalue weighted by Crippen LogP contribution is 2.28. The number of aromatic nitrogens is 2. The molecule has 1 unspecified atom stereocenters. The quantitative estimate of drug-likeness (QED) is 0.723. The van der Waals surface area contributed by atoms with Crippen molar-refractivity contribution in [1.29, 1.82) is 0 Å². The lowest BCUT2D eigenvalue weighted by molar-refractivity contribution is 0.343. The van der Waals surface area contributed by atoms with Crippen LogP contribution < -0.4 is 0 Å². The lowest BCUT2D eigenvalue weighted by atomic mass is 9.96. The van der Waals surface area contributed by atoms with Crippen molar-refractivity contribution in [1.82, 2.24) is 9.55 Å². The number of rotatable bonds is 2. The first-order valence-corrected chi connectivity index (χ1v) is 6.41. The van der Waals surface area contributed by atoms with Gasteiger partial charge in [-0.2, -0.15) is 0 Å². The predicted octanol–water partition coefficient (Wildman–Crippen LogP) is 4.38. The smallest absolute Gasteiger partial charge is 0.127 e. The molecule has 1 atom stereocenters. The lowest BCUT2D eigenvalue weighted by Gasteiger charge is -2.21. The summed E-state index contributed by atoms with van der Waals surface area (Å²) >= 11 is 6.23. The molecule has 1 aromatic carbocycles. The maximum absolute atomic E-state index is 6.23. The van der Waals surface area contributed by atoms with E-state index in [9.17, 15) is 0 Å². The van der Waals surface area contributed by atoms with E-state index in [0.717, 1.165) is 17.9 Å². The lowest BCUT2D eigenvalue weighted by Crippen LogP contribution is -2.17. The molecular formula is C14H19ClN2. The Balaban J connectivity index is 2.60. The Labute approximate surface area is 108 Å². The third-order valence-corrected chi connectivity index (χ3v) is 2.87. The number of nitrogens with zero attached hydrogens (tertiary/aromatic N) is 2. The van der Waals surface area contributed by atoms with Crippen LogP contribution in [0.5, 0.6) is 0 Å². The molecule has 92 valence electrons. The first kappa shape index (κ1) is 12.4. The third-order valence-electron chi connectivity index (χ3n) is 2.67. The van der Waals surface area contributed by atoms with Gasteiger partial charge >= 0.3 is 0 Å². The summed E-state index contributed by atoms with van der Waals surface area (Å²) in [6, 6.07) is 8.21. The highest BCUT2D eigenvalue weighted by atomic mass is 35.5. The topological polar surface area (TPSA) is 17.8 Å². The summed E-state index contributed by atoms with van der Waals surface area (Å²) in [5.41, 5.74) is 2.41. The van der Waals surface area contributed by atoms with Gasteiger partial charge in [-0.25, -0.2) is 4.98 Å². The number of hydrogen-bond acceptors (Lipinski definition) is 1. The average molecular weight is 251 g/mol.